The monoisotopic (exact) mass is 385 g/mol. The Morgan fingerprint density at radius 2 is 1.41 bits per heavy atom. The number of Topliss-reactive ketones (excluding diaryl/α,β-unsaturated/α-hetero) is 1. The van der Waals surface area contributed by atoms with Crippen LogP contribution in [-0.4, -0.2) is 52.7 Å². The van der Waals surface area contributed by atoms with Crippen LogP contribution >= 0.6 is 0 Å². The van der Waals surface area contributed by atoms with Crippen molar-refractivity contribution in [1.29, 1.82) is 0 Å². The molecule has 0 fully saturated rings. The Morgan fingerprint density at radius 3 is 1.81 bits per heavy atom. The van der Waals surface area contributed by atoms with E-state index < -0.39 is 41.8 Å². The molecule has 0 spiro atoms. The predicted octanol–water partition coefficient (Wildman–Crippen LogP) is 0.227. The molecule has 27 heavy (non-hydrogen) atoms. The molecule has 0 saturated carbocycles. The van der Waals surface area contributed by atoms with Gasteiger partial charge in [0, 0.05) is 12.3 Å². The van der Waals surface area contributed by atoms with Gasteiger partial charge in [0.1, 0.15) is 12.1 Å². The number of carboxylic acid groups (broad SMARTS) is 1. The molecule has 3 amide bonds. The maximum absolute atomic E-state index is 12.3. The van der Waals surface area contributed by atoms with Crippen LogP contribution in [0.3, 0.4) is 0 Å². The van der Waals surface area contributed by atoms with Crippen LogP contribution in [0.5, 0.6) is 0 Å². The molecule has 0 aromatic carbocycles. The molecule has 4 N–H and O–H groups in total. The molecule has 9 nitrogen and oxygen atoms in total. The second kappa shape index (κ2) is 11.3. The van der Waals surface area contributed by atoms with Crippen LogP contribution in [-0.2, 0) is 24.0 Å². The van der Waals surface area contributed by atoms with Crippen molar-refractivity contribution in [2.75, 3.05) is 0 Å². The normalized spacial score (nSPS) is 14.2. The second-order valence-corrected chi connectivity index (χ2v) is 7.22. The van der Waals surface area contributed by atoms with Gasteiger partial charge in [-0.1, -0.05) is 27.7 Å². The summed E-state index contributed by atoms with van der Waals surface area (Å²) in [6.45, 7) is 9.65. The number of aliphatic carboxylic acids is 1. The van der Waals surface area contributed by atoms with Gasteiger partial charge < -0.3 is 21.1 Å². The summed E-state index contributed by atoms with van der Waals surface area (Å²) in [5, 5.41) is 16.7. The van der Waals surface area contributed by atoms with Crippen molar-refractivity contribution in [3.05, 3.63) is 0 Å². The van der Waals surface area contributed by atoms with E-state index in [0.717, 1.165) is 0 Å². The Labute approximate surface area is 159 Å². The van der Waals surface area contributed by atoms with Gasteiger partial charge in [0.15, 0.2) is 5.78 Å². The molecule has 0 aliphatic rings. The van der Waals surface area contributed by atoms with E-state index in [9.17, 15) is 29.1 Å². The maximum atomic E-state index is 12.3. The van der Waals surface area contributed by atoms with E-state index in [2.05, 4.69) is 16.0 Å². The summed E-state index contributed by atoms with van der Waals surface area (Å²) >= 11 is 0. The topological polar surface area (TPSA) is 142 Å². The molecule has 0 heterocycles. The van der Waals surface area contributed by atoms with Gasteiger partial charge in [-0.15, -0.1) is 0 Å². The molecule has 0 saturated heterocycles. The second-order valence-electron chi connectivity index (χ2n) is 7.22. The minimum absolute atomic E-state index is 0.101. The van der Waals surface area contributed by atoms with Crippen LogP contribution in [0.15, 0.2) is 0 Å². The summed E-state index contributed by atoms with van der Waals surface area (Å²) in [7, 11) is 0. The van der Waals surface area contributed by atoms with E-state index in [1.165, 1.54) is 6.92 Å². The van der Waals surface area contributed by atoms with E-state index in [4.69, 9.17) is 0 Å². The Morgan fingerprint density at radius 1 is 0.852 bits per heavy atom. The number of hydrogen-bond acceptors (Lipinski definition) is 5. The van der Waals surface area contributed by atoms with Gasteiger partial charge in [0.05, 0.1) is 6.04 Å². The van der Waals surface area contributed by atoms with Crippen LogP contribution in [0.1, 0.15) is 54.4 Å². The zero-order valence-corrected chi connectivity index (χ0v) is 16.8. The van der Waals surface area contributed by atoms with Crippen molar-refractivity contribution in [2.45, 2.75) is 72.5 Å². The molecular formula is C18H31N3O6. The van der Waals surface area contributed by atoms with Gasteiger partial charge >= 0.3 is 5.97 Å². The number of carbonyl (C=O) groups is 5. The first-order valence-corrected chi connectivity index (χ1v) is 9.00. The molecule has 0 aromatic rings. The summed E-state index contributed by atoms with van der Waals surface area (Å²) < 4.78 is 0. The number of carbonyl (C=O) groups excluding carboxylic acids is 4. The minimum atomic E-state index is -1.23. The van der Waals surface area contributed by atoms with Crippen LogP contribution in [0.25, 0.3) is 0 Å². The molecule has 1 unspecified atom stereocenters. The van der Waals surface area contributed by atoms with E-state index in [-0.39, 0.29) is 30.5 Å². The third-order valence-corrected chi connectivity index (χ3v) is 4.03. The highest BCUT2D eigenvalue weighted by Gasteiger charge is 2.27. The zero-order chi connectivity index (χ0) is 21.3. The maximum Gasteiger partial charge on any atom is 0.326 e. The fraction of sp³-hybridized carbons (Fsp3) is 0.722. The largest absolute Gasteiger partial charge is 0.480 e. The Balaban J connectivity index is 4.81. The van der Waals surface area contributed by atoms with Gasteiger partial charge in [-0.25, -0.2) is 4.79 Å². The molecule has 154 valence electrons. The first-order valence-electron chi connectivity index (χ1n) is 9.00. The molecule has 0 radical (unpaired) electrons. The van der Waals surface area contributed by atoms with Gasteiger partial charge in [-0.2, -0.15) is 0 Å². The summed E-state index contributed by atoms with van der Waals surface area (Å²) in [6.07, 6.45) is -0.274. The van der Waals surface area contributed by atoms with Crippen molar-refractivity contribution >= 4 is 29.5 Å². The first-order chi connectivity index (χ1) is 12.4. The van der Waals surface area contributed by atoms with Crippen molar-refractivity contribution in [3.8, 4) is 0 Å². The molecule has 0 aromatic heterocycles. The van der Waals surface area contributed by atoms with E-state index in [1.54, 1.807) is 34.6 Å². The fourth-order valence-corrected chi connectivity index (χ4v) is 2.06. The fourth-order valence-electron chi connectivity index (χ4n) is 2.06. The van der Waals surface area contributed by atoms with Gasteiger partial charge in [0.2, 0.25) is 17.7 Å². The van der Waals surface area contributed by atoms with Crippen molar-refractivity contribution in [1.82, 2.24) is 16.0 Å². The van der Waals surface area contributed by atoms with Gasteiger partial charge in [0.25, 0.3) is 0 Å². The highest BCUT2D eigenvalue weighted by molar-refractivity contribution is 5.92. The molecule has 9 heteroatoms. The number of hydrogen-bond donors (Lipinski definition) is 4. The van der Waals surface area contributed by atoms with E-state index in [1.807, 2.05) is 0 Å². The Hall–Kier alpha value is -2.45. The highest BCUT2D eigenvalue weighted by Crippen LogP contribution is 2.06. The highest BCUT2D eigenvalue weighted by atomic mass is 16.4. The van der Waals surface area contributed by atoms with Crippen molar-refractivity contribution in [2.24, 2.45) is 11.8 Å². The third kappa shape index (κ3) is 9.16. The average Bonchev–Trinajstić information content (AvgIpc) is 2.54. The van der Waals surface area contributed by atoms with Crippen LogP contribution in [0, 0.1) is 11.8 Å². The lowest BCUT2D eigenvalue weighted by atomic mass is 10.0. The Kier molecular flexibility index (Phi) is 10.3. The van der Waals surface area contributed by atoms with Crippen molar-refractivity contribution in [3.63, 3.8) is 0 Å². The van der Waals surface area contributed by atoms with Crippen molar-refractivity contribution < 1.29 is 29.1 Å². The minimum Gasteiger partial charge on any atom is -0.480 e. The lowest BCUT2D eigenvalue weighted by molar-refractivity contribution is -0.142. The molecule has 0 rings (SSSR count). The SMILES string of the molecule is CC(=O)[C@H](C)NC(=O)C(NC(=O)CC[C@H](NC(=O)C(C)C)C(=O)O)C(C)C. The van der Waals surface area contributed by atoms with Crippen LogP contribution < -0.4 is 16.0 Å². The molecule has 0 aliphatic carbocycles. The summed E-state index contributed by atoms with van der Waals surface area (Å²) in [4.78, 5) is 58.6. The standard InChI is InChI=1S/C18H31N3O6/c1-9(2)15(17(25)19-11(5)12(6)22)21-14(23)8-7-13(18(26)27)20-16(24)10(3)4/h9-11,13,15H,7-8H2,1-6H3,(H,19,25)(H,20,24)(H,21,23)(H,26,27)/t11-,13-,15?/m0/s1. The zero-order valence-electron chi connectivity index (χ0n) is 16.8. The van der Waals surface area contributed by atoms with E-state index in [0.29, 0.717) is 0 Å². The number of carboxylic acids is 1. The molecular weight excluding hydrogens is 354 g/mol. The third-order valence-electron chi connectivity index (χ3n) is 4.03. The lowest BCUT2D eigenvalue weighted by Gasteiger charge is -2.23. The Bertz CT molecular complexity index is 573. The summed E-state index contributed by atoms with van der Waals surface area (Å²) in [6, 6.07) is -2.71. The number of ketones is 1. The molecule has 3 atom stereocenters. The number of amides is 3. The lowest BCUT2D eigenvalue weighted by Crippen LogP contribution is -2.53. The first kappa shape index (κ1) is 24.6. The summed E-state index contributed by atoms with van der Waals surface area (Å²) in [5.74, 6) is -3.46. The van der Waals surface area contributed by atoms with Crippen LogP contribution in [0.4, 0.5) is 0 Å². The molecule has 0 bridgehead atoms. The van der Waals surface area contributed by atoms with Gasteiger partial charge in [-0.3, -0.25) is 19.2 Å². The smallest absolute Gasteiger partial charge is 0.326 e. The quantitative estimate of drug-likeness (QED) is 0.401. The van der Waals surface area contributed by atoms with Crippen LogP contribution in [0.2, 0.25) is 0 Å². The van der Waals surface area contributed by atoms with Gasteiger partial charge in [-0.05, 0) is 26.2 Å². The molecule has 0 aliphatic heterocycles. The predicted molar refractivity (Wildman–Crippen MR) is 98.7 cm³/mol. The summed E-state index contributed by atoms with van der Waals surface area (Å²) in [5.41, 5.74) is 0. The van der Waals surface area contributed by atoms with E-state index >= 15 is 0 Å². The number of nitrogens with one attached hydrogen (secondary N) is 3. The average molecular weight is 385 g/mol. The number of rotatable bonds is 11.